The molecule has 0 aromatic rings. The van der Waals surface area contributed by atoms with Crippen LogP contribution in [0.2, 0.25) is 0 Å². The lowest BCUT2D eigenvalue weighted by molar-refractivity contribution is -0.0602. The molecule has 0 amide bonds. The van der Waals surface area contributed by atoms with Crippen molar-refractivity contribution in [2.24, 2.45) is 5.41 Å². The van der Waals surface area contributed by atoms with Crippen LogP contribution in [0.1, 0.15) is 79.1 Å². The molecule has 0 aliphatic heterocycles. The molecule has 2 nitrogen and oxygen atoms in total. The zero-order chi connectivity index (χ0) is 14.1. The lowest BCUT2D eigenvalue weighted by atomic mass is 9.66. The number of rotatable bonds is 3. The van der Waals surface area contributed by atoms with E-state index in [2.05, 4.69) is 32.6 Å². The summed E-state index contributed by atoms with van der Waals surface area (Å²) in [6, 6.07) is 0.596. The van der Waals surface area contributed by atoms with Crippen LogP contribution in [0.5, 0.6) is 0 Å². The summed E-state index contributed by atoms with van der Waals surface area (Å²) in [4.78, 5) is 2.71. The van der Waals surface area contributed by atoms with Crippen LogP contribution < -0.4 is 0 Å². The zero-order valence-corrected chi connectivity index (χ0v) is 13.4. The molecule has 19 heavy (non-hydrogen) atoms. The number of aliphatic hydroxyl groups is 1. The van der Waals surface area contributed by atoms with Gasteiger partial charge in [0.2, 0.25) is 0 Å². The van der Waals surface area contributed by atoms with Crippen LogP contribution in [0.3, 0.4) is 0 Å². The first-order valence-electron chi connectivity index (χ1n) is 8.34. The summed E-state index contributed by atoms with van der Waals surface area (Å²) in [5.41, 5.74) is 0.731. The standard InChI is InChI=1S/C17H33NO/c1-5-12-18(16(2,3)4)15-13-14(19)8-11-17(15)9-6-7-10-17/h14-15,19H,5-13H2,1-4H3. The van der Waals surface area contributed by atoms with Crippen LogP contribution in [-0.2, 0) is 0 Å². The summed E-state index contributed by atoms with van der Waals surface area (Å²) in [6.45, 7) is 10.5. The molecule has 2 heteroatoms. The molecule has 2 unspecified atom stereocenters. The van der Waals surface area contributed by atoms with Gasteiger partial charge in [0.1, 0.15) is 0 Å². The van der Waals surface area contributed by atoms with E-state index >= 15 is 0 Å². The van der Waals surface area contributed by atoms with Gasteiger partial charge in [-0.2, -0.15) is 0 Å². The molecule has 0 saturated heterocycles. The molecule has 0 aromatic heterocycles. The molecule has 0 aromatic carbocycles. The van der Waals surface area contributed by atoms with Gasteiger partial charge in [-0.15, -0.1) is 0 Å². The molecule has 2 aliphatic rings. The van der Waals surface area contributed by atoms with Crippen LogP contribution in [0, 0.1) is 5.41 Å². The predicted molar refractivity (Wildman–Crippen MR) is 81.3 cm³/mol. The van der Waals surface area contributed by atoms with E-state index < -0.39 is 0 Å². The van der Waals surface area contributed by atoms with Crippen LogP contribution in [0.4, 0.5) is 0 Å². The Bertz CT molecular complexity index is 288. The Morgan fingerprint density at radius 1 is 1.16 bits per heavy atom. The quantitative estimate of drug-likeness (QED) is 0.836. The Kier molecular flexibility index (Phi) is 4.62. The van der Waals surface area contributed by atoms with Crippen molar-refractivity contribution in [2.75, 3.05) is 6.54 Å². The van der Waals surface area contributed by atoms with Gasteiger partial charge in [0, 0.05) is 11.6 Å². The third-order valence-electron chi connectivity index (χ3n) is 5.48. The maximum atomic E-state index is 10.2. The van der Waals surface area contributed by atoms with Gasteiger partial charge in [-0.05, 0) is 71.3 Å². The maximum Gasteiger partial charge on any atom is 0.0555 e. The van der Waals surface area contributed by atoms with Crippen LogP contribution in [-0.4, -0.2) is 34.2 Å². The monoisotopic (exact) mass is 267 g/mol. The molecular weight excluding hydrogens is 234 g/mol. The van der Waals surface area contributed by atoms with E-state index in [4.69, 9.17) is 0 Å². The summed E-state index contributed by atoms with van der Waals surface area (Å²) in [6.07, 6.45) is 9.99. The van der Waals surface area contributed by atoms with Gasteiger partial charge in [0.15, 0.2) is 0 Å². The van der Waals surface area contributed by atoms with Crippen molar-refractivity contribution < 1.29 is 5.11 Å². The fourth-order valence-electron chi connectivity index (χ4n) is 4.57. The summed E-state index contributed by atoms with van der Waals surface area (Å²) < 4.78 is 0. The van der Waals surface area contributed by atoms with E-state index in [1.54, 1.807) is 0 Å². The van der Waals surface area contributed by atoms with Gasteiger partial charge in [0.05, 0.1) is 6.10 Å². The van der Waals surface area contributed by atoms with Crippen LogP contribution in [0.15, 0.2) is 0 Å². The highest BCUT2D eigenvalue weighted by atomic mass is 16.3. The second kappa shape index (κ2) is 5.73. The van der Waals surface area contributed by atoms with Crippen molar-refractivity contribution in [3.05, 3.63) is 0 Å². The second-order valence-corrected chi connectivity index (χ2v) is 7.88. The molecule has 1 spiro atoms. The molecule has 2 aliphatic carbocycles. The average Bonchev–Trinajstić information content (AvgIpc) is 2.78. The van der Waals surface area contributed by atoms with Crippen molar-refractivity contribution in [1.82, 2.24) is 4.90 Å². The Balaban J connectivity index is 2.24. The minimum Gasteiger partial charge on any atom is -0.393 e. The Labute approximate surface area is 119 Å². The van der Waals surface area contributed by atoms with Crippen LogP contribution in [0.25, 0.3) is 0 Å². The molecule has 0 heterocycles. The highest BCUT2D eigenvalue weighted by Crippen LogP contribution is 2.52. The van der Waals surface area contributed by atoms with Gasteiger partial charge in [0.25, 0.3) is 0 Å². The van der Waals surface area contributed by atoms with E-state index in [0.717, 1.165) is 12.8 Å². The van der Waals surface area contributed by atoms with E-state index in [-0.39, 0.29) is 11.6 Å². The minimum atomic E-state index is -0.0714. The molecule has 2 rings (SSSR count). The van der Waals surface area contributed by atoms with Crippen molar-refractivity contribution in [2.45, 2.75) is 96.7 Å². The Hall–Kier alpha value is -0.0800. The SMILES string of the molecule is CCCN(C1CC(O)CCC12CCCC2)C(C)(C)C. The molecule has 2 atom stereocenters. The van der Waals surface area contributed by atoms with Gasteiger partial charge in [-0.3, -0.25) is 4.90 Å². The van der Waals surface area contributed by atoms with Crippen molar-refractivity contribution >= 4 is 0 Å². The molecule has 0 bridgehead atoms. The number of aliphatic hydroxyl groups excluding tert-OH is 1. The summed E-state index contributed by atoms with van der Waals surface area (Å²) in [7, 11) is 0. The predicted octanol–water partition coefficient (Wildman–Crippen LogP) is 3.97. The first-order chi connectivity index (χ1) is 8.89. The van der Waals surface area contributed by atoms with Gasteiger partial charge in [-0.1, -0.05) is 19.8 Å². The third kappa shape index (κ3) is 3.16. The van der Waals surface area contributed by atoms with E-state index in [0.29, 0.717) is 11.5 Å². The van der Waals surface area contributed by atoms with E-state index in [1.165, 1.54) is 45.1 Å². The first kappa shape index (κ1) is 15.3. The van der Waals surface area contributed by atoms with E-state index in [1.807, 2.05) is 0 Å². The Morgan fingerprint density at radius 3 is 2.32 bits per heavy atom. The normalized spacial score (nSPS) is 31.3. The van der Waals surface area contributed by atoms with E-state index in [9.17, 15) is 5.11 Å². The molecule has 112 valence electrons. The second-order valence-electron chi connectivity index (χ2n) is 7.88. The minimum absolute atomic E-state index is 0.0714. The molecular formula is C17H33NO. The van der Waals surface area contributed by atoms with Crippen LogP contribution >= 0.6 is 0 Å². The summed E-state index contributed by atoms with van der Waals surface area (Å²) in [5, 5.41) is 10.2. The van der Waals surface area contributed by atoms with Gasteiger partial charge in [-0.25, -0.2) is 0 Å². The largest absolute Gasteiger partial charge is 0.393 e. The first-order valence-corrected chi connectivity index (χ1v) is 8.34. The van der Waals surface area contributed by atoms with Crippen molar-refractivity contribution in [3.8, 4) is 0 Å². The maximum absolute atomic E-state index is 10.2. The van der Waals surface area contributed by atoms with Crippen molar-refractivity contribution in [1.29, 1.82) is 0 Å². The molecule has 0 radical (unpaired) electrons. The number of nitrogens with zero attached hydrogens (tertiary/aromatic N) is 1. The molecule has 2 fully saturated rings. The lowest BCUT2D eigenvalue weighted by Crippen LogP contribution is -2.57. The summed E-state index contributed by atoms with van der Waals surface area (Å²) in [5.74, 6) is 0. The molecule has 2 saturated carbocycles. The van der Waals surface area contributed by atoms with Gasteiger partial charge < -0.3 is 5.11 Å². The highest BCUT2D eigenvalue weighted by molar-refractivity contribution is 5.02. The lowest BCUT2D eigenvalue weighted by Gasteiger charge is -2.53. The fraction of sp³-hybridized carbons (Fsp3) is 1.00. The smallest absolute Gasteiger partial charge is 0.0555 e. The highest BCUT2D eigenvalue weighted by Gasteiger charge is 2.48. The number of hydrogen-bond donors (Lipinski definition) is 1. The Morgan fingerprint density at radius 2 is 1.79 bits per heavy atom. The fourth-order valence-corrected chi connectivity index (χ4v) is 4.57. The summed E-state index contributed by atoms with van der Waals surface area (Å²) >= 11 is 0. The van der Waals surface area contributed by atoms with Gasteiger partial charge >= 0.3 is 0 Å². The third-order valence-corrected chi connectivity index (χ3v) is 5.48. The number of hydrogen-bond acceptors (Lipinski definition) is 2. The average molecular weight is 267 g/mol. The molecule has 1 N–H and O–H groups in total. The van der Waals surface area contributed by atoms with Crippen molar-refractivity contribution in [3.63, 3.8) is 0 Å². The topological polar surface area (TPSA) is 23.5 Å². The zero-order valence-electron chi connectivity index (χ0n) is 13.4.